The lowest BCUT2D eigenvalue weighted by molar-refractivity contribution is 0.0467. The van der Waals surface area contributed by atoms with Crippen molar-refractivity contribution in [2.45, 2.75) is 6.61 Å². The standard InChI is InChI=1S/C13H10FNO2/c14-12-8-15-7-6-11(12)13(16)17-9-10-4-2-1-3-5-10/h1-8H,9H2. The highest BCUT2D eigenvalue weighted by Gasteiger charge is 2.12. The van der Waals surface area contributed by atoms with Gasteiger partial charge < -0.3 is 4.74 Å². The van der Waals surface area contributed by atoms with E-state index in [4.69, 9.17) is 4.74 Å². The molecule has 1 heterocycles. The third-order valence-electron chi connectivity index (χ3n) is 2.21. The van der Waals surface area contributed by atoms with Crippen LogP contribution in [0.15, 0.2) is 48.8 Å². The van der Waals surface area contributed by atoms with Gasteiger partial charge >= 0.3 is 5.97 Å². The smallest absolute Gasteiger partial charge is 0.341 e. The Hall–Kier alpha value is -2.23. The lowest BCUT2D eigenvalue weighted by Crippen LogP contribution is -2.07. The molecule has 3 nitrogen and oxygen atoms in total. The zero-order valence-corrected chi connectivity index (χ0v) is 8.97. The summed E-state index contributed by atoms with van der Waals surface area (Å²) in [4.78, 5) is 15.1. The molecule has 0 N–H and O–H groups in total. The topological polar surface area (TPSA) is 39.2 Å². The van der Waals surface area contributed by atoms with Crippen LogP contribution in [0.1, 0.15) is 15.9 Å². The molecule has 4 heteroatoms. The number of aromatic nitrogens is 1. The summed E-state index contributed by atoms with van der Waals surface area (Å²) in [6.07, 6.45) is 2.33. The molecule has 2 rings (SSSR count). The van der Waals surface area contributed by atoms with Crippen LogP contribution in [0, 0.1) is 5.82 Å². The fourth-order valence-corrected chi connectivity index (χ4v) is 1.34. The minimum atomic E-state index is -0.686. The van der Waals surface area contributed by atoms with Gasteiger partial charge in [0.2, 0.25) is 0 Å². The number of halogens is 1. The molecule has 0 saturated heterocycles. The van der Waals surface area contributed by atoms with E-state index in [0.29, 0.717) is 0 Å². The highest BCUT2D eigenvalue weighted by molar-refractivity contribution is 5.89. The number of esters is 1. The van der Waals surface area contributed by atoms with Gasteiger partial charge in [0.1, 0.15) is 6.61 Å². The molecule has 2 aromatic rings. The van der Waals surface area contributed by atoms with E-state index < -0.39 is 11.8 Å². The Balaban J connectivity index is 2.01. The zero-order valence-electron chi connectivity index (χ0n) is 8.97. The predicted octanol–water partition coefficient (Wildman–Crippen LogP) is 2.58. The van der Waals surface area contributed by atoms with Crippen LogP contribution >= 0.6 is 0 Å². The zero-order chi connectivity index (χ0) is 12.1. The van der Waals surface area contributed by atoms with Gasteiger partial charge in [0.25, 0.3) is 0 Å². The first-order valence-electron chi connectivity index (χ1n) is 5.08. The molecule has 1 aromatic carbocycles. The van der Waals surface area contributed by atoms with Crippen LogP contribution in [-0.2, 0) is 11.3 Å². The molecule has 0 aliphatic carbocycles. The number of rotatable bonds is 3. The van der Waals surface area contributed by atoms with E-state index in [1.807, 2.05) is 30.3 Å². The average molecular weight is 231 g/mol. The molecule has 0 aliphatic rings. The highest BCUT2D eigenvalue weighted by atomic mass is 19.1. The van der Waals surface area contributed by atoms with Gasteiger partial charge in [-0.2, -0.15) is 0 Å². The monoisotopic (exact) mass is 231 g/mol. The summed E-state index contributed by atoms with van der Waals surface area (Å²) < 4.78 is 18.2. The summed E-state index contributed by atoms with van der Waals surface area (Å²) in [7, 11) is 0. The van der Waals surface area contributed by atoms with Gasteiger partial charge in [-0.15, -0.1) is 0 Å². The maximum Gasteiger partial charge on any atom is 0.341 e. The normalized spacial score (nSPS) is 9.94. The molecule has 0 atom stereocenters. The number of carbonyl (C=O) groups is 1. The average Bonchev–Trinajstić information content (AvgIpc) is 2.38. The molecule has 17 heavy (non-hydrogen) atoms. The molecular weight excluding hydrogens is 221 g/mol. The van der Waals surface area contributed by atoms with Crippen LogP contribution in [0.25, 0.3) is 0 Å². The van der Waals surface area contributed by atoms with E-state index in [2.05, 4.69) is 4.98 Å². The SMILES string of the molecule is O=C(OCc1ccccc1)c1ccncc1F. The molecule has 86 valence electrons. The van der Waals surface area contributed by atoms with Crippen molar-refractivity contribution in [2.75, 3.05) is 0 Å². The number of hydrogen-bond donors (Lipinski definition) is 0. The van der Waals surface area contributed by atoms with Gasteiger partial charge in [-0.1, -0.05) is 30.3 Å². The van der Waals surface area contributed by atoms with Gasteiger partial charge in [0.15, 0.2) is 5.82 Å². The number of ether oxygens (including phenoxy) is 1. The van der Waals surface area contributed by atoms with Crippen LogP contribution in [0.4, 0.5) is 4.39 Å². The third kappa shape index (κ3) is 2.87. The van der Waals surface area contributed by atoms with Crippen LogP contribution in [0.3, 0.4) is 0 Å². The lowest BCUT2D eigenvalue weighted by atomic mass is 10.2. The van der Waals surface area contributed by atoms with Crippen molar-refractivity contribution < 1.29 is 13.9 Å². The molecular formula is C13H10FNO2. The van der Waals surface area contributed by atoms with Crippen LogP contribution < -0.4 is 0 Å². The van der Waals surface area contributed by atoms with E-state index in [-0.39, 0.29) is 12.2 Å². The first kappa shape index (κ1) is 11.3. The van der Waals surface area contributed by atoms with Crippen molar-refractivity contribution >= 4 is 5.97 Å². The molecule has 0 saturated carbocycles. The fourth-order valence-electron chi connectivity index (χ4n) is 1.34. The van der Waals surface area contributed by atoms with E-state index in [1.54, 1.807) is 0 Å². The van der Waals surface area contributed by atoms with Gasteiger partial charge in [0.05, 0.1) is 11.8 Å². The second-order valence-electron chi connectivity index (χ2n) is 3.42. The lowest BCUT2D eigenvalue weighted by Gasteiger charge is -2.05. The third-order valence-corrected chi connectivity index (χ3v) is 2.21. The van der Waals surface area contributed by atoms with Gasteiger partial charge in [-0.25, -0.2) is 9.18 Å². The number of benzene rings is 1. The first-order chi connectivity index (χ1) is 8.27. The van der Waals surface area contributed by atoms with Crippen molar-refractivity contribution in [1.82, 2.24) is 4.98 Å². The Morgan fingerprint density at radius 1 is 1.24 bits per heavy atom. The molecule has 1 aromatic heterocycles. The largest absolute Gasteiger partial charge is 0.457 e. The summed E-state index contributed by atoms with van der Waals surface area (Å²) in [6, 6.07) is 10.5. The van der Waals surface area contributed by atoms with E-state index in [9.17, 15) is 9.18 Å². The summed E-state index contributed by atoms with van der Waals surface area (Å²) in [5.74, 6) is -1.36. The number of nitrogens with zero attached hydrogens (tertiary/aromatic N) is 1. The quantitative estimate of drug-likeness (QED) is 0.762. The fraction of sp³-hybridized carbons (Fsp3) is 0.0769. The van der Waals surface area contributed by atoms with E-state index in [1.165, 1.54) is 12.3 Å². The second kappa shape index (κ2) is 5.21. The molecule has 0 aliphatic heterocycles. The van der Waals surface area contributed by atoms with Crippen molar-refractivity contribution in [3.63, 3.8) is 0 Å². The maximum absolute atomic E-state index is 13.2. The molecule has 0 radical (unpaired) electrons. The van der Waals surface area contributed by atoms with Crippen LogP contribution in [0.2, 0.25) is 0 Å². The van der Waals surface area contributed by atoms with E-state index >= 15 is 0 Å². The minimum absolute atomic E-state index is 0.101. The van der Waals surface area contributed by atoms with Crippen LogP contribution in [-0.4, -0.2) is 11.0 Å². The van der Waals surface area contributed by atoms with Crippen LogP contribution in [0.5, 0.6) is 0 Å². The molecule has 0 amide bonds. The van der Waals surface area contributed by atoms with Gasteiger partial charge in [-0.05, 0) is 11.6 Å². The Labute approximate surface area is 97.9 Å². The van der Waals surface area contributed by atoms with Crippen molar-refractivity contribution in [3.8, 4) is 0 Å². The van der Waals surface area contributed by atoms with E-state index in [0.717, 1.165) is 11.8 Å². The second-order valence-corrected chi connectivity index (χ2v) is 3.42. The molecule has 0 fully saturated rings. The maximum atomic E-state index is 13.2. The molecule has 0 bridgehead atoms. The summed E-state index contributed by atoms with van der Waals surface area (Å²) >= 11 is 0. The Bertz CT molecular complexity index is 514. The Morgan fingerprint density at radius 2 is 2.00 bits per heavy atom. The summed E-state index contributed by atoms with van der Waals surface area (Å²) in [5, 5.41) is 0. The Kier molecular flexibility index (Phi) is 3.45. The Morgan fingerprint density at radius 3 is 2.71 bits per heavy atom. The highest BCUT2D eigenvalue weighted by Crippen LogP contribution is 2.08. The summed E-state index contributed by atoms with van der Waals surface area (Å²) in [5.41, 5.74) is 0.756. The molecule has 0 spiro atoms. The predicted molar refractivity (Wildman–Crippen MR) is 59.8 cm³/mol. The number of hydrogen-bond acceptors (Lipinski definition) is 3. The van der Waals surface area contributed by atoms with Crippen molar-refractivity contribution in [3.05, 3.63) is 65.7 Å². The minimum Gasteiger partial charge on any atom is -0.457 e. The van der Waals surface area contributed by atoms with Gasteiger partial charge in [0, 0.05) is 6.20 Å². The number of carbonyl (C=O) groups excluding carboxylic acids is 1. The number of pyridine rings is 1. The van der Waals surface area contributed by atoms with Gasteiger partial charge in [-0.3, -0.25) is 4.98 Å². The first-order valence-corrected chi connectivity index (χ1v) is 5.08. The van der Waals surface area contributed by atoms with Crippen molar-refractivity contribution in [2.24, 2.45) is 0 Å². The summed E-state index contributed by atoms with van der Waals surface area (Å²) in [6.45, 7) is 0.126. The van der Waals surface area contributed by atoms with Crippen molar-refractivity contribution in [1.29, 1.82) is 0 Å². The molecule has 0 unspecified atom stereocenters.